The third-order valence-electron chi connectivity index (χ3n) is 2.36. The second kappa shape index (κ2) is 6.18. The van der Waals surface area contributed by atoms with E-state index in [1.807, 2.05) is 50.3 Å². The molecule has 0 fully saturated rings. The zero-order valence-corrected chi connectivity index (χ0v) is 9.49. The Hall–Kier alpha value is -1.37. The fraction of sp³-hybridized carbons (Fsp3) is 0.357. The van der Waals surface area contributed by atoms with Crippen molar-refractivity contribution in [2.24, 2.45) is 0 Å². The van der Waals surface area contributed by atoms with Gasteiger partial charge in [-0.25, -0.2) is 0 Å². The summed E-state index contributed by atoms with van der Waals surface area (Å²) in [5.41, 5.74) is 2.04. The van der Waals surface area contributed by atoms with Gasteiger partial charge >= 0.3 is 0 Å². The molecule has 0 amide bonds. The highest BCUT2D eigenvalue weighted by Gasteiger charge is 2.05. The molecule has 1 aromatic rings. The Kier molecular flexibility index (Phi) is 4.82. The van der Waals surface area contributed by atoms with Crippen LogP contribution in [0.5, 0.6) is 0 Å². The molecule has 0 saturated heterocycles. The summed E-state index contributed by atoms with van der Waals surface area (Å²) in [6, 6.07) is 10.0. The second-order valence-corrected chi connectivity index (χ2v) is 3.61. The van der Waals surface area contributed by atoms with Crippen LogP contribution in [-0.2, 0) is 4.79 Å². The van der Waals surface area contributed by atoms with Gasteiger partial charge in [0.05, 0.1) is 0 Å². The third kappa shape index (κ3) is 3.70. The quantitative estimate of drug-likeness (QED) is 0.663. The smallest absolute Gasteiger partial charge is 0.158 e. The van der Waals surface area contributed by atoms with Crippen molar-refractivity contribution in [1.82, 2.24) is 0 Å². The topological polar surface area (TPSA) is 17.1 Å². The molecule has 0 N–H and O–H groups in total. The Bertz CT molecular complexity index is 336. The summed E-state index contributed by atoms with van der Waals surface area (Å²) >= 11 is 0. The molecule has 1 rings (SSSR count). The van der Waals surface area contributed by atoms with Gasteiger partial charge < -0.3 is 0 Å². The lowest BCUT2D eigenvalue weighted by Gasteiger charge is -2.02. The molecule has 0 saturated carbocycles. The van der Waals surface area contributed by atoms with Gasteiger partial charge in [-0.15, -0.1) is 0 Å². The molecule has 0 bridgehead atoms. The van der Waals surface area contributed by atoms with Crippen molar-refractivity contribution in [1.29, 1.82) is 0 Å². The van der Waals surface area contributed by atoms with E-state index in [1.54, 1.807) is 0 Å². The molecular weight excluding hydrogens is 184 g/mol. The van der Waals surface area contributed by atoms with Crippen LogP contribution in [0.1, 0.15) is 38.7 Å². The summed E-state index contributed by atoms with van der Waals surface area (Å²) in [6.45, 7) is 4.07. The molecule has 80 valence electrons. The molecule has 0 heterocycles. The second-order valence-electron chi connectivity index (χ2n) is 3.61. The van der Waals surface area contributed by atoms with Gasteiger partial charge in [-0.05, 0) is 30.1 Å². The number of carbonyl (C=O) groups excluding carboxylic acids is 1. The van der Waals surface area contributed by atoms with E-state index >= 15 is 0 Å². The van der Waals surface area contributed by atoms with Crippen molar-refractivity contribution in [3.63, 3.8) is 0 Å². The molecule has 0 aliphatic carbocycles. The fourth-order valence-corrected chi connectivity index (χ4v) is 1.52. The van der Waals surface area contributed by atoms with Crippen LogP contribution in [0.2, 0.25) is 0 Å². The Balaban J connectivity index is 2.83. The molecule has 1 nitrogen and oxygen atoms in total. The first-order chi connectivity index (χ1) is 7.27. The summed E-state index contributed by atoms with van der Waals surface area (Å²) in [4.78, 5) is 11.7. The Morgan fingerprint density at radius 2 is 1.87 bits per heavy atom. The lowest BCUT2D eigenvalue weighted by Crippen LogP contribution is -2.00. The lowest BCUT2D eigenvalue weighted by molar-refractivity contribution is -0.115. The molecule has 1 heteroatoms. The van der Waals surface area contributed by atoms with Gasteiger partial charge in [0.15, 0.2) is 5.78 Å². The van der Waals surface area contributed by atoms with E-state index in [1.165, 1.54) is 0 Å². The molecule has 1 aromatic carbocycles. The highest BCUT2D eigenvalue weighted by molar-refractivity contribution is 5.99. The molecule has 0 radical (unpaired) electrons. The Morgan fingerprint density at radius 1 is 1.20 bits per heavy atom. The number of Topliss-reactive ketones (excluding diaryl/α,β-unsaturated/α-hetero) is 1. The van der Waals surface area contributed by atoms with Gasteiger partial charge in [0.2, 0.25) is 0 Å². The molecule has 0 aromatic heterocycles. The predicted molar refractivity (Wildman–Crippen MR) is 64.6 cm³/mol. The van der Waals surface area contributed by atoms with E-state index in [0.717, 1.165) is 24.0 Å². The first-order valence-corrected chi connectivity index (χ1v) is 5.56. The summed E-state index contributed by atoms with van der Waals surface area (Å²) in [6.07, 6.45) is 4.39. The van der Waals surface area contributed by atoms with E-state index < -0.39 is 0 Å². The zero-order valence-electron chi connectivity index (χ0n) is 9.49. The third-order valence-corrected chi connectivity index (χ3v) is 2.36. The average molecular weight is 202 g/mol. The number of carbonyl (C=O) groups is 1. The molecule has 0 unspecified atom stereocenters. The first kappa shape index (κ1) is 11.7. The van der Waals surface area contributed by atoms with Gasteiger partial charge in [0.1, 0.15) is 0 Å². The first-order valence-electron chi connectivity index (χ1n) is 5.56. The summed E-state index contributed by atoms with van der Waals surface area (Å²) in [5, 5.41) is 0. The summed E-state index contributed by atoms with van der Waals surface area (Å²) in [7, 11) is 0. The van der Waals surface area contributed by atoms with E-state index in [2.05, 4.69) is 0 Å². The van der Waals surface area contributed by atoms with E-state index in [-0.39, 0.29) is 5.78 Å². The number of benzene rings is 1. The number of allylic oxidation sites excluding steroid dienone is 1. The highest BCUT2D eigenvalue weighted by atomic mass is 16.1. The monoisotopic (exact) mass is 202 g/mol. The normalized spacial score (nSPS) is 11.5. The van der Waals surface area contributed by atoms with E-state index in [0.29, 0.717) is 6.42 Å². The largest absolute Gasteiger partial charge is 0.295 e. The van der Waals surface area contributed by atoms with Crippen molar-refractivity contribution in [2.75, 3.05) is 0 Å². The predicted octanol–water partition coefficient (Wildman–Crippen LogP) is 3.85. The van der Waals surface area contributed by atoms with Crippen molar-refractivity contribution in [3.05, 3.63) is 41.5 Å². The maximum Gasteiger partial charge on any atom is 0.158 e. The minimum atomic E-state index is 0.281. The number of hydrogen-bond acceptors (Lipinski definition) is 1. The highest BCUT2D eigenvalue weighted by Crippen LogP contribution is 2.12. The van der Waals surface area contributed by atoms with Crippen molar-refractivity contribution in [2.45, 2.75) is 33.1 Å². The van der Waals surface area contributed by atoms with Crippen LogP contribution in [-0.4, -0.2) is 5.78 Å². The van der Waals surface area contributed by atoms with E-state index in [9.17, 15) is 4.79 Å². The average Bonchev–Trinajstić information content (AvgIpc) is 2.27. The van der Waals surface area contributed by atoms with Crippen molar-refractivity contribution < 1.29 is 4.79 Å². The van der Waals surface area contributed by atoms with Gasteiger partial charge in [-0.2, -0.15) is 0 Å². The SMILES string of the molecule is CCCC(=O)/C(=C/c1ccccc1)CC. The van der Waals surface area contributed by atoms with E-state index in [4.69, 9.17) is 0 Å². The van der Waals surface area contributed by atoms with Gasteiger partial charge in [-0.3, -0.25) is 4.79 Å². The minimum absolute atomic E-state index is 0.281. The molecule has 0 aliphatic heterocycles. The maximum absolute atomic E-state index is 11.7. The van der Waals surface area contributed by atoms with Crippen molar-refractivity contribution in [3.8, 4) is 0 Å². The summed E-state index contributed by atoms with van der Waals surface area (Å²) in [5.74, 6) is 0.281. The van der Waals surface area contributed by atoms with Crippen molar-refractivity contribution >= 4 is 11.9 Å². The molecule has 15 heavy (non-hydrogen) atoms. The summed E-state index contributed by atoms with van der Waals surface area (Å²) < 4.78 is 0. The van der Waals surface area contributed by atoms with Crippen LogP contribution in [0.4, 0.5) is 0 Å². The standard InChI is InChI=1S/C14H18O/c1-3-8-14(15)13(4-2)11-12-9-6-5-7-10-12/h5-7,9-11H,3-4,8H2,1-2H3/b13-11+. The van der Waals surface area contributed by atoms with Crippen LogP contribution in [0.25, 0.3) is 6.08 Å². The number of hydrogen-bond donors (Lipinski definition) is 0. The van der Waals surface area contributed by atoms with Crippen LogP contribution >= 0.6 is 0 Å². The lowest BCUT2D eigenvalue weighted by atomic mass is 10.0. The molecule has 0 aliphatic rings. The Labute approximate surface area is 91.8 Å². The Morgan fingerprint density at radius 3 is 2.40 bits per heavy atom. The van der Waals surface area contributed by atoms with Gasteiger partial charge in [0.25, 0.3) is 0 Å². The zero-order chi connectivity index (χ0) is 11.1. The molecule has 0 spiro atoms. The van der Waals surface area contributed by atoms with Gasteiger partial charge in [0, 0.05) is 6.42 Å². The molecular formula is C14H18O. The number of rotatable bonds is 5. The number of ketones is 1. The fourth-order valence-electron chi connectivity index (χ4n) is 1.52. The van der Waals surface area contributed by atoms with Crippen LogP contribution in [0, 0.1) is 0 Å². The van der Waals surface area contributed by atoms with Crippen LogP contribution in [0.15, 0.2) is 35.9 Å². The minimum Gasteiger partial charge on any atom is -0.295 e. The van der Waals surface area contributed by atoms with Crippen LogP contribution < -0.4 is 0 Å². The molecule has 0 atom stereocenters. The van der Waals surface area contributed by atoms with Crippen LogP contribution in [0.3, 0.4) is 0 Å². The maximum atomic E-state index is 11.7. The van der Waals surface area contributed by atoms with Gasteiger partial charge in [-0.1, -0.05) is 44.2 Å².